The first kappa shape index (κ1) is 14.3. The Morgan fingerprint density at radius 3 is 2.70 bits per heavy atom. The third-order valence-electron chi connectivity index (χ3n) is 2.97. The van der Waals surface area contributed by atoms with Crippen LogP contribution in [0.3, 0.4) is 0 Å². The second-order valence-electron chi connectivity index (χ2n) is 4.26. The van der Waals surface area contributed by atoms with Gasteiger partial charge in [-0.3, -0.25) is 10.8 Å². The van der Waals surface area contributed by atoms with Gasteiger partial charge in [-0.05, 0) is 36.2 Å². The quantitative estimate of drug-likeness (QED) is 0.622. The number of hydrogen-bond acceptors (Lipinski definition) is 5. The third-order valence-corrected chi connectivity index (χ3v) is 2.97. The molecule has 0 aliphatic carbocycles. The zero-order valence-electron chi connectivity index (χ0n) is 11.7. The number of nitrogens with zero attached hydrogens (tertiary/aromatic N) is 1. The summed E-state index contributed by atoms with van der Waals surface area (Å²) in [5, 5.41) is 0. The number of benzene rings is 1. The van der Waals surface area contributed by atoms with E-state index >= 15 is 0 Å². The Morgan fingerprint density at radius 2 is 2.00 bits per heavy atom. The molecule has 0 spiro atoms. The van der Waals surface area contributed by atoms with E-state index in [2.05, 4.69) is 10.4 Å². The van der Waals surface area contributed by atoms with Crippen molar-refractivity contribution in [3.63, 3.8) is 0 Å². The molecule has 0 saturated carbocycles. The van der Waals surface area contributed by atoms with Crippen LogP contribution in [0.15, 0.2) is 42.7 Å². The Hall–Kier alpha value is -2.11. The van der Waals surface area contributed by atoms with Crippen LogP contribution in [0.1, 0.15) is 24.1 Å². The maximum absolute atomic E-state index is 5.69. The van der Waals surface area contributed by atoms with Crippen LogP contribution < -0.4 is 20.7 Å². The van der Waals surface area contributed by atoms with E-state index < -0.39 is 0 Å². The molecule has 1 heterocycles. The summed E-state index contributed by atoms with van der Waals surface area (Å²) in [6.45, 7) is 2.54. The molecular formula is C15H19N3O2. The van der Waals surface area contributed by atoms with Crippen LogP contribution in [0.25, 0.3) is 0 Å². The number of pyridine rings is 1. The molecule has 1 aromatic carbocycles. The summed E-state index contributed by atoms with van der Waals surface area (Å²) in [4.78, 5) is 4.19. The summed E-state index contributed by atoms with van der Waals surface area (Å²) in [6.07, 6.45) is 3.46. The van der Waals surface area contributed by atoms with Crippen LogP contribution in [-0.4, -0.2) is 18.7 Å². The normalized spacial score (nSPS) is 11.9. The molecule has 1 unspecified atom stereocenters. The molecule has 0 radical (unpaired) electrons. The molecule has 0 bridgehead atoms. The van der Waals surface area contributed by atoms with E-state index in [0.29, 0.717) is 6.61 Å². The second kappa shape index (κ2) is 6.88. The largest absolute Gasteiger partial charge is 0.497 e. The van der Waals surface area contributed by atoms with Gasteiger partial charge in [-0.15, -0.1) is 0 Å². The van der Waals surface area contributed by atoms with E-state index in [1.165, 1.54) is 0 Å². The standard InChI is InChI=1S/C15H19N3O2/c1-3-20-14-8-12(9-17-10-14)15(18-16)11-5-4-6-13(7-11)19-2/h4-10,15,18H,3,16H2,1-2H3. The molecule has 106 valence electrons. The summed E-state index contributed by atoms with van der Waals surface area (Å²) in [5.74, 6) is 7.21. The van der Waals surface area contributed by atoms with Gasteiger partial charge in [-0.25, -0.2) is 5.43 Å². The van der Waals surface area contributed by atoms with Crippen molar-refractivity contribution < 1.29 is 9.47 Å². The number of rotatable bonds is 6. The molecular weight excluding hydrogens is 254 g/mol. The highest BCUT2D eigenvalue weighted by Crippen LogP contribution is 2.26. The Morgan fingerprint density at radius 1 is 1.20 bits per heavy atom. The fourth-order valence-electron chi connectivity index (χ4n) is 2.05. The zero-order valence-corrected chi connectivity index (χ0v) is 11.7. The number of methoxy groups -OCH3 is 1. The molecule has 3 N–H and O–H groups in total. The van der Waals surface area contributed by atoms with E-state index in [4.69, 9.17) is 15.3 Å². The van der Waals surface area contributed by atoms with Gasteiger partial charge in [0.05, 0.1) is 26.0 Å². The van der Waals surface area contributed by atoms with E-state index in [1.807, 2.05) is 37.3 Å². The van der Waals surface area contributed by atoms with Gasteiger partial charge in [-0.1, -0.05) is 12.1 Å². The molecule has 5 heteroatoms. The molecule has 0 amide bonds. The molecule has 0 saturated heterocycles. The minimum absolute atomic E-state index is 0.169. The van der Waals surface area contributed by atoms with Crippen molar-refractivity contribution >= 4 is 0 Å². The van der Waals surface area contributed by atoms with Crippen LogP contribution >= 0.6 is 0 Å². The highest BCUT2D eigenvalue weighted by Gasteiger charge is 2.14. The number of nitrogens with one attached hydrogen (secondary N) is 1. The Labute approximate surface area is 118 Å². The van der Waals surface area contributed by atoms with Gasteiger partial charge in [0.2, 0.25) is 0 Å². The zero-order chi connectivity index (χ0) is 14.4. The van der Waals surface area contributed by atoms with Crippen molar-refractivity contribution in [1.82, 2.24) is 10.4 Å². The predicted octanol–water partition coefficient (Wildman–Crippen LogP) is 2.04. The molecule has 0 aliphatic rings. The molecule has 1 aromatic heterocycles. The van der Waals surface area contributed by atoms with Crippen LogP contribution in [0.2, 0.25) is 0 Å². The number of hydrazine groups is 1. The lowest BCUT2D eigenvalue weighted by atomic mass is 10.0. The lowest BCUT2D eigenvalue weighted by molar-refractivity contribution is 0.338. The number of aromatic nitrogens is 1. The summed E-state index contributed by atoms with van der Waals surface area (Å²) in [7, 11) is 1.64. The summed E-state index contributed by atoms with van der Waals surface area (Å²) < 4.78 is 10.7. The third kappa shape index (κ3) is 3.26. The van der Waals surface area contributed by atoms with E-state index in [9.17, 15) is 0 Å². The topological polar surface area (TPSA) is 69.4 Å². The van der Waals surface area contributed by atoms with Crippen molar-refractivity contribution in [2.75, 3.05) is 13.7 Å². The fourth-order valence-corrected chi connectivity index (χ4v) is 2.05. The van der Waals surface area contributed by atoms with Crippen molar-refractivity contribution in [3.05, 3.63) is 53.9 Å². The molecule has 2 aromatic rings. The molecule has 0 aliphatic heterocycles. The van der Waals surface area contributed by atoms with Crippen molar-refractivity contribution in [2.45, 2.75) is 13.0 Å². The predicted molar refractivity (Wildman–Crippen MR) is 77.6 cm³/mol. The van der Waals surface area contributed by atoms with Gasteiger partial charge >= 0.3 is 0 Å². The van der Waals surface area contributed by atoms with E-state index in [0.717, 1.165) is 22.6 Å². The van der Waals surface area contributed by atoms with Gasteiger partial charge in [0, 0.05) is 6.20 Å². The Bertz CT molecular complexity index is 560. The lowest BCUT2D eigenvalue weighted by Gasteiger charge is -2.18. The first-order valence-corrected chi connectivity index (χ1v) is 6.46. The van der Waals surface area contributed by atoms with Crippen molar-refractivity contribution in [1.29, 1.82) is 0 Å². The van der Waals surface area contributed by atoms with Crippen molar-refractivity contribution in [2.24, 2.45) is 5.84 Å². The summed E-state index contributed by atoms with van der Waals surface area (Å²) >= 11 is 0. The molecule has 2 rings (SSSR count). The van der Waals surface area contributed by atoms with Crippen LogP contribution in [0.4, 0.5) is 0 Å². The highest BCUT2D eigenvalue weighted by molar-refractivity contribution is 5.37. The van der Waals surface area contributed by atoms with Gasteiger partial charge in [0.15, 0.2) is 0 Å². The number of hydrogen-bond donors (Lipinski definition) is 2. The Kier molecular flexibility index (Phi) is 4.92. The maximum Gasteiger partial charge on any atom is 0.137 e. The minimum Gasteiger partial charge on any atom is -0.497 e. The van der Waals surface area contributed by atoms with E-state index in [-0.39, 0.29) is 6.04 Å². The summed E-state index contributed by atoms with van der Waals surface area (Å²) in [5.41, 5.74) is 4.74. The van der Waals surface area contributed by atoms with E-state index in [1.54, 1.807) is 19.5 Å². The monoisotopic (exact) mass is 273 g/mol. The van der Waals surface area contributed by atoms with Crippen LogP contribution in [0, 0.1) is 0 Å². The lowest BCUT2D eigenvalue weighted by Crippen LogP contribution is -2.29. The summed E-state index contributed by atoms with van der Waals surface area (Å²) in [6, 6.07) is 9.52. The molecule has 5 nitrogen and oxygen atoms in total. The molecule has 0 fully saturated rings. The average Bonchev–Trinajstić information content (AvgIpc) is 2.49. The molecule has 1 atom stereocenters. The highest BCUT2D eigenvalue weighted by atomic mass is 16.5. The SMILES string of the molecule is CCOc1cncc(C(NN)c2cccc(OC)c2)c1. The Balaban J connectivity index is 2.33. The van der Waals surface area contributed by atoms with Gasteiger partial charge in [0.25, 0.3) is 0 Å². The molecule has 20 heavy (non-hydrogen) atoms. The minimum atomic E-state index is -0.169. The van der Waals surface area contributed by atoms with Gasteiger partial charge < -0.3 is 9.47 Å². The van der Waals surface area contributed by atoms with Crippen LogP contribution in [-0.2, 0) is 0 Å². The average molecular weight is 273 g/mol. The first-order chi connectivity index (χ1) is 9.78. The van der Waals surface area contributed by atoms with Gasteiger partial charge in [0.1, 0.15) is 11.5 Å². The fraction of sp³-hybridized carbons (Fsp3) is 0.267. The maximum atomic E-state index is 5.69. The number of nitrogens with two attached hydrogens (primary N) is 1. The smallest absolute Gasteiger partial charge is 0.137 e. The van der Waals surface area contributed by atoms with Gasteiger partial charge in [-0.2, -0.15) is 0 Å². The second-order valence-corrected chi connectivity index (χ2v) is 4.26. The van der Waals surface area contributed by atoms with Crippen LogP contribution in [0.5, 0.6) is 11.5 Å². The van der Waals surface area contributed by atoms with Crippen molar-refractivity contribution in [3.8, 4) is 11.5 Å². The first-order valence-electron chi connectivity index (χ1n) is 6.46. The number of ether oxygens (including phenoxy) is 2.